The Morgan fingerprint density at radius 3 is 2.47 bits per heavy atom. The van der Waals surface area contributed by atoms with Crippen LogP contribution in [0.5, 0.6) is 5.75 Å². The average Bonchev–Trinajstić information content (AvgIpc) is 2.29. The maximum absolute atomic E-state index is 10.7. The summed E-state index contributed by atoms with van der Waals surface area (Å²) in [6.45, 7) is 0. The molecule has 0 fully saturated rings. The molecule has 0 saturated heterocycles. The molecule has 0 heterocycles. The normalized spacial score (nSPS) is 9.93. The fourth-order valence-electron chi connectivity index (χ4n) is 0.861. The van der Waals surface area contributed by atoms with E-state index in [1.165, 1.54) is 13.4 Å². The summed E-state index contributed by atoms with van der Waals surface area (Å²) >= 11 is 0. The van der Waals surface area contributed by atoms with Crippen molar-refractivity contribution in [2.45, 2.75) is 0 Å². The number of carbonyl (C=O) groups excluding carboxylic acids is 2. The van der Waals surface area contributed by atoms with Gasteiger partial charge in [-0.15, -0.1) is 0 Å². The van der Waals surface area contributed by atoms with E-state index in [0.29, 0.717) is 11.3 Å². The van der Waals surface area contributed by atoms with Crippen LogP contribution in [0.2, 0.25) is 0 Å². The zero-order valence-corrected chi connectivity index (χ0v) is 8.17. The summed E-state index contributed by atoms with van der Waals surface area (Å²) in [4.78, 5) is 21.0. The van der Waals surface area contributed by atoms with E-state index in [1.54, 1.807) is 24.3 Å². The lowest BCUT2D eigenvalue weighted by atomic mass is 10.2. The molecule has 0 amide bonds. The minimum atomic E-state index is -0.487. The van der Waals surface area contributed by atoms with Crippen LogP contribution in [0.1, 0.15) is 10.4 Å². The first-order chi connectivity index (χ1) is 7.26. The number of hydrogen-bond donors (Lipinski definition) is 0. The van der Waals surface area contributed by atoms with Gasteiger partial charge in [-0.2, -0.15) is 0 Å². The van der Waals surface area contributed by atoms with Gasteiger partial charge in [0, 0.05) is 5.56 Å². The van der Waals surface area contributed by atoms with Crippen LogP contribution in [-0.4, -0.2) is 19.4 Å². The number of carbonyl (C=O) groups is 2. The summed E-state index contributed by atoms with van der Waals surface area (Å²) in [5, 5.41) is 0. The molecule has 0 aromatic heterocycles. The van der Waals surface area contributed by atoms with Crippen molar-refractivity contribution in [1.82, 2.24) is 0 Å². The molecule has 0 spiro atoms. The number of hydrogen-bond acceptors (Lipinski definition) is 4. The summed E-state index contributed by atoms with van der Waals surface area (Å²) in [6.07, 6.45) is 3.13. The van der Waals surface area contributed by atoms with Crippen molar-refractivity contribution in [3.05, 3.63) is 42.2 Å². The van der Waals surface area contributed by atoms with E-state index in [4.69, 9.17) is 4.74 Å². The summed E-state index contributed by atoms with van der Waals surface area (Å²) in [5.41, 5.74) is 0.569. The maximum atomic E-state index is 10.7. The first-order valence-electron chi connectivity index (χ1n) is 4.22. The zero-order valence-electron chi connectivity index (χ0n) is 8.17. The van der Waals surface area contributed by atoms with E-state index in [-0.39, 0.29) is 0 Å². The second kappa shape index (κ2) is 5.59. The molecule has 0 atom stereocenters. The van der Waals surface area contributed by atoms with Gasteiger partial charge >= 0.3 is 5.97 Å². The van der Waals surface area contributed by atoms with Crippen LogP contribution in [0.3, 0.4) is 0 Å². The number of methoxy groups -OCH3 is 1. The van der Waals surface area contributed by atoms with E-state index in [9.17, 15) is 9.59 Å². The molecule has 0 bridgehead atoms. The van der Waals surface area contributed by atoms with Gasteiger partial charge < -0.3 is 9.47 Å². The Labute approximate surface area is 87.1 Å². The predicted molar refractivity (Wildman–Crippen MR) is 53.6 cm³/mol. The molecule has 1 aromatic carbocycles. The number of ether oxygens (including phenoxy) is 2. The van der Waals surface area contributed by atoms with Gasteiger partial charge in [0.2, 0.25) is 0 Å². The van der Waals surface area contributed by atoms with Gasteiger partial charge in [-0.3, -0.25) is 4.79 Å². The van der Waals surface area contributed by atoms with Crippen molar-refractivity contribution in [3.8, 4) is 5.75 Å². The Bertz CT molecular complexity index is 365. The smallest absolute Gasteiger partial charge is 0.333 e. The van der Waals surface area contributed by atoms with Crippen LogP contribution >= 0.6 is 0 Å². The third kappa shape index (κ3) is 3.64. The van der Waals surface area contributed by atoms with Crippen LogP contribution in [-0.2, 0) is 9.53 Å². The molecule has 4 heteroatoms. The third-order valence-corrected chi connectivity index (χ3v) is 1.63. The standard InChI is InChI=1S/C11H10O4/c1-14-11(13)6-7-15-10-4-2-9(8-12)3-5-10/h2-8H,1H3. The predicted octanol–water partition coefficient (Wildman–Crippen LogP) is 1.56. The van der Waals surface area contributed by atoms with Gasteiger partial charge in [-0.25, -0.2) is 4.79 Å². The number of benzene rings is 1. The molecule has 1 rings (SSSR count). The monoisotopic (exact) mass is 206 g/mol. The Morgan fingerprint density at radius 1 is 1.27 bits per heavy atom. The van der Waals surface area contributed by atoms with Crippen LogP contribution in [0.4, 0.5) is 0 Å². The molecule has 15 heavy (non-hydrogen) atoms. The second-order valence-electron chi connectivity index (χ2n) is 2.63. The van der Waals surface area contributed by atoms with Gasteiger partial charge in [-0.05, 0) is 24.3 Å². The van der Waals surface area contributed by atoms with E-state index < -0.39 is 5.97 Å². The van der Waals surface area contributed by atoms with Gasteiger partial charge in [-0.1, -0.05) is 0 Å². The highest BCUT2D eigenvalue weighted by Gasteiger charge is 1.93. The molecule has 0 unspecified atom stereocenters. The summed E-state index contributed by atoms with van der Waals surface area (Å²) in [7, 11) is 1.28. The first kappa shape index (κ1) is 11.0. The molecule has 0 radical (unpaired) electrons. The van der Waals surface area contributed by atoms with E-state index in [2.05, 4.69) is 4.74 Å². The molecule has 78 valence electrons. The average molecular weight is 206 g/mol. The minimum Gasteiger partial charge on any atom is -0.466 e. The molecular formula is C11H10O4. The summed E-state index contributed by atoms with van der Waals surface area (Å²) in [6, 6.07) is 6.50. The number of rotatable bonds is 4. The highest BCUT2D eigenvalue weighted by molar-refractivity contribution is 5.81. The Hall–Kier alpha value is -2.10. The van der Waals surface area contributed by atoms with E-state index in [1.807, 2.05) is 0 Å². The fraction of sp³-hybridized carbons (Fsp3) is 0.0909. The largest absolute Gasteiger partial charge is 0.466 e. The lowest BCUT2D eigenvalue weighted by Gasteiger charge is -1.99. The number of aldehydes is 1. The number of esters is 1. The van der Waals surface area contributed by atoms with Crippen molar-refractivity contribution in [3.63, 3.8) is 0 Å². The molecule has 0 saturated carbocycles. The third-order valence-electron chi connectivity index (χ3n) is 1.63. The highest BCUT2D eigenvalue weighted by atomic mass is 16.5. The van der Waals surface area contributed by atoms with Crippen molar-refractivity contribution in [1.29, 1.82) is 0 Å². The summed E-state index contributed by atoms with van der Waals surface area (Å²) in [5.74, 6) is 0.0558. The fourth-order valence-corrected chi connectivity index (χ4v) is 0.861. The van der Waals surface area contributed by atoms with Crippen LogP contribution in [0.15, 0.2) is 36.6 Å². The second-order valence-corrected chi connectivity index (χ2v) is 2.63. The van der Waals surface area contributed by atoms with Crippen molar-refractivity contribution < 1.29 is 19.1 Å². The lowest BCUT2D eigenvalue weighted by Crippen LogP contribution is -1.95. The quantitative estimate of drug-likeness (QED) is 0.324. The summed E-state index contributed by atoms with van der Waals surface area (Å²) < 4.78 is 9.45. The topological polar surface area (TPSA) is 52.6 Å². The van der Waals surface area contributed by atoms with Crippen LogP contribution in [0, 0.1) is 0 Å². The molecule has 1 aromatic rings. The van der Waals surface area contributed by atoms with Crippen molar-refractivity contribution >= 4 is 12.3 Å². The van der Waals surface area contributed by atoms with Gasteiger partial charge in [0.25, 0.3) is 0 Å². The Kier molecular flexibility index (Phi) is 4.09. The highest BCUT2D eigenvalue weighted by Crippen LogP contribution is 2.11. The zero-order chi connectivity index (χ0) is 11.1. The molecular weight excluding hydrogens is 196 g/mol. The van der Waals surface area contributed by atoms with Crippen molar-refractivity contribution in [2.24, 2.45) is 0 Å². The minimum absolute atomic E-state index is 0.487. The van der Waals surface area contributed by atoms with Crippen LogP contribution < -0.4 is 4.74 Å². The van der Waals surface area contributed by atoms with Crippen molar-refractivity contribution in [2.75, 3.05) is 7.11 Å². The molecule has 0 aliphatic carbocycles. The van der Waals surface area contributed by atoms with Gasteiger partial charge in [0.15, 0.2) is 0 Å². The first-order valence-corrected chi connectivity index (χ1v) is 4.22. The van der Waals surface area contributed by atoms with Gasteiger partial charge in [0.05, 0.1) is 19.4 Å². The Morgan fingerprint density at radius 2 is 1.93 bits per heavy atom. The van der Waals surface area contributed by atoms with Crippen LogP contribution in [0.25, 0.3) is 0 Å². The molecule has 0 N–H and O–H groups in total. The SMILES string of the molecule is COC(=O)C=COc1ccc(C=O)cc1. The van der Waals surface area contributed by atoms with E-state index >= 15 is 0 Å². The molecule has 0 aliphatic heterocycles. The van der Waals surface area contributed by atoms with E-state index in [0.717, 1.165) is 12.4 Å². The lowest BCUT2D eigenvalue weighted by molar-refractivity contribution is -0.134. The maximum Gasteiger partial charge on any atom is 0.333 e. The molecule has 4 nitrogen and oxygen atoms in total. The van der Waals surface area contributed by atoms with Gasteiger partial charge in [0.1, 0.15) is 12.0 Å². The Balaban J connectivity index is 2.54. The molecule has 0 aliphatic rings.